The van der Waals surface area contributed by atoms with Gasteiger partial charge in [-0.15, -0.1) is 12.2 Å². The summed E-state index contributed by atoms with van der Waals surface area (Å²) in [7, 11) is 0. The standard InChI is InChI=1S/C9H12N3PS3/c10-6-7-8-4-2-1-3-5-12(8)13(15,16)11-9(7)14/h1-5H2,(H2,11,14,15,16). The lowest BCUT2D eigenvalue weighted by molar-refractivity contribution is 0.545. The zero-order valence-corrected chi connectivity index (χ0v) is 12.1. The van der Waals surface area contributed by atoms with Gasteiger partial charge in [0.25, 0.3) is 0 Å². The van der Waals surface area contributed by atoms with E-state index in [4.69, 9.17) is 29.3 Å². The fourth-order valence-electron chi connectivity index (χ4n) is 2.04. The highest BCUT2D eigenvalue weighted by Crippen LogP contribution is 2.57. The minimum Gasteiger partial charge on any atom is -0.324 e. The number of nitrogens with one attached hydrogen (secondary N) is 1. The van der Waals surface area contributed by atoms with Gasteiger partial charge in [0.05, 0.1) is 0 Å². The normalized spacial score (nSPS) is 30.2. The number of hydrogen-bond donors (Lipinski definition) is 2. The number of thiol groups is 1. The Morgan fingerprint density at radius 1 is 1.44 bits per heavy atom. The van der Waals surface area contributed by atoms with E-state index < -0.39 is 5.54 Å². The van der Waals surface area contributed by atoms with Gasteiger partial charge in [0.2, 0.25) is 0 Å². The van der Waals surface area contributed by atoms with Crippen molar-refractivity contribution in [1.29, 1.82) is 5.26 Å². The van der Waals surface area contributed by atoms with Crippen LogP contribution in [0.4, 0.5) is 0 Å². The predicted octanol–water partition coefficient (Wildman–Crippen LogP) is 2.72. The second-order valence-electron chi connectivity index (χ2n) is 3.85. The van der Waals surface area contributed by atoms with E-state index in [-0.39, 0.29) is 0 Å². The highest BCUT2D eigenvalue weighted by Gasteiger charge is 2.34. The van der Waals surface area contributed by atoms with Crippen LogP contribution in [-0.4, -0.2) is 16.2 Å². The second kappa shape index (κ2) is 4.66. The summed E-state index contributed by atoms with van der Waals surface area (Å²) < 4.78 is 2.10. The Bertz CT molecular complexity index is 451. The summed E-state index contributed by atoms with van der Waals surface area (Å²) in [5.74, 6) is 0. The molecule has 3 nitrogen and oxygen atoms in total. The second-order valence-corrected chi connectivity index (χ2v) is 10.2. The number of hydrogen-bond acceptors (Lipinski definition) is 3. The quantitative estimate of drug-likeness (QED) is 0.407. The summed E-state index contributed by atoms with van der Waals surface area (Å²) in [4.78, 5) is 0.481. The Morgan fingerprint density at radius 3 is 2.88 bits per heavy atom. The van der Waals surface area contributed by atoms with Gasteiger partial charge in [-0.25, -0.2) is 0 Å². The maximum atomic E-state index is 9.15. The van der Waals surface area contributed by atoms with Crippen molar-refractivity contribution in [3.8, 4) is 6.07 Å². The van der Waals surface area contributed by atoms with Crippen LogP contribution in [-0.2, 0) is 11.8 Å². The van der Waals surface area contributed by atoms with Crippen molar-refractivity contribution in [1.82, 2.24) is 9.76 Å². The number of nitrogens with zero attached hydrogens (tertiary/aromatic N) is 2. The molecule has 1 N–H and O–H groups in total. The molecule has 2 aliphatic heterocycles. The van der Waals surface area contributed by atoms with Crippen LogP contribution in [0.5, 0.6) is 0 Å². The molecular formula is C9H12N3PS3. The molecule has 0 saturated carbocycles. The van der Waals surface area contributed by atoms with Crippen LogP contribution in [0.3, 0.4) is 0 Å². The van der Waals surface area contributed by atoms with Crippen LogP contribution in [0.1, 0.15) is 25.7 Å². The SMILES string of the molecule is N#CC1=C2CCCCCN2P(=S)(S)NC1=S. The molecule has 7 heteroatoms. The molecule has 2 aliphatic rings. The number of nitriles is 1. The van der Waals surface area contributed by atoms with Crippen molar-refractivity contribution in [2.45, 2.75) is 25.7 Å². The third-order valence-electron chi connectivity index (χ3n) is 2.80. The van der Waals surface area contributed by atoms with Gasteiger partial charge in [0.15, 0.2) is 5.54 Å². The van der Waals surface area contributed by atoms with Gasteiger partial charge >= 0.3 is 0 Å². The van der Waals surface area contributed by atoms with E-state index in [1.165, 1.54) is 6.42 Å². The monoisotopic (exact) mass is 289 g/mol. The third-order valence-corrected chi connectivity index (χ3v) is 6.68. The highest BCUT2D eigenvalue weighted by atomic mass is 32.9. The molecule has 1 atom stereocenters. The number of allylic oxidation sites excluding steroid dienone is 1. The first-order valence-corrected chi connectivity index (χ1v) is 9.44. The Hall–Kier alpha value is -0.0800. The summed E-state index contributed by atoms with van der Waals surface area (Å²) in [6.07, 6.45) is 4.27. The van der Waals surface area contributed by atoms with Gasteiger partial charge in [0.1, 0.15) is 16.6 Å². The van der Waals surface area contributed by atoms with Crippen LogP contribution < -0.4 is 5.09 Å². The van der Waals surface area contributed by atoms with Gasteiger partial charge in [-0.1, -0.05) is 18.6 Å². The van der Waals surface area contributed by atoms with Crippen LogP contribution in [0.2, 0.25) is 0 Å². The minimum absolute atomic E-state index is 0.481. The van der Waals surface area contributed by atoms with Gasteiger partial charge in [0, 0.05) is 12.2 Å². The average molecular weight is 289 g/mol. The Labute approximate surface area is 111 Å². The molecule has 2 heterocycles. The lowest BCUT2D eigenvalue weighted by atomic mass is 10.1. The van der Waals surface area contributed by atoms with E-state index >= 15 is 0 Å². The molecule has 2 rings (SSSR count). The summed E-state index contributed by atoms with van der Waals surface area (Å²) in [6.45, 7) is 0.886. The van der Waals surface area contributed by atoms with Crippen LogP contribution in [0.25, 0.3) is 0 Å². The molecule has 1 saturated heterocycles. The van der Waals surface area contributed by atoms with Crippen molar-refractivity contribution in [3.05, 3.63) is 11.3 Å². The van der Waals surface area contributed by atoms with E-state index in [1.807, 2.05) is 0 Å². The van der Waals surface area contributed by atoms with E-state index in [1.54, 1.807) is 0 Å². The largest absolute Gasteiger partial charge is 0.324 e. The summed E-state index contributed by atoms with van der Waals surface area (Å²) in [5.41, 5.74) is -0.487. The number of fused-ring (bicyclic) bond motifs is 1. The van der Waals surface area contributed by atoms with Crippen LogP contribution in [0, 0.1) is 11.3 Å². The van der Waals surface area contributed by atoms with E-state index in [0.29, 0.717) is 10.6 Å². The van der Waals surface area contributed by atoms with E-state index in [2.05, 4.69) is 28.1 Å². The smallest absolute Gasteiger partial charge is 0.174 e. The number of rotatable bonds is 0. The van der Waals surface area contributed by atoms with Crippen molar-refractivity contribution in [3.63, 3.8) is 0 Å². The Kier molecular flexibility index (Phi) is 3.60. The van der Waals surface area contributed by atoms with Crippen molar-refractivity contribution in [2.75, 3.05) is 6.54 Å². The first-order chi connectivity index (χ1) is 7.56. The molecule has 0 aromatic carbocycles. The minimum atomic E-state index is -2.09. The average Bonchev–Trinajstić information content (AvgIpc) is 2.43. The Morgan fingerprint density at radius 2 is 2.19 bits per heavy atom. The molecule has 16 heavy (non-hydrogen) atoms. The van der Waals surface area contributed by atoms with E-state index in [0.717, 1.165) is 31.5 Å². The molecule has 0 aromatic rings. The van der Waals surface area contributed by atoms with Crippen LogP contribution >= 0.6 is 30.0 Å². The Balaban J connectivity index is 2.53. The predicted molar refractivity (Wildman–Crippen MR) is 76.8 cm³/mol. The van der Waals surface area contributed by atoms with Gasteiger partial charge < -0.3 is 9.76 Å². The summed E-state index contributed by atoms with van der Waals surface area (Å²) >= 11 is 15.2. The first kappa shape index (κ1) is 12.4. The highest BCUT2D eigenvalue weighted by molar-refractivity contribution is 8.62. The molecule has 86 valence electrons. The van der Waals surface area contributed by atoms with E-state index in [9.17, 15) is 0 Å². The summed E-state index contributed by atoms with van der Waals surface area (Å²) in [6, 6.07) is 2.19. The zero-order chi connectivity index (χ0) is 11.8. The molecular weight excluding hydrogens is 277 g/mol. The fraction of sp³-hybridized carbons (Fsp3) is 0.556. The molecule has 0 aromatic heterocycles. The fourth-order valence-corrected chi connectivity index (χ4v) is 6.12. The molecule has 1 fully saturated rings. The molecule has 0 amide bonds. The van der Waals surface area contributed by atoms with Gasteiger partial charge in [-0.3, -0.25) is 0 Å². The molecule has 1 unspecified atom stereocenters. The van der Waals surface area contributed by atoms with Crippen molar-refractivity contribution < 1.29 is 0 Å². The topological polar surface area (TPSA) is 39.1 Å². The number of thiocarbonyl (C=S) groups is 1. The summed E-state index contributed by atoms with van der Waals surface area (Å²) in [5, 5.41) is 12.2. The molecule has 0 aliphatic carbocycles. The first-order valence-electron chi connectivity index (χ1n) is 5.13. The maximum absolute atomic E-state index is 9.15. The molecule has 0 spiro atoms. The lowest BCUT2D eigenvalue weighted by Crippen LogP contribution is -2.35. The van der Waals surface area contributed by atoms with Crippen LogP contribution in [0.15, 0.2) is 11.3 Å². The lowest BCUT2D eigenvalue weighted by Gasteiger charge is -2.39. The molecule has 0 bridgehead atoms. The van der Waals surface area contributed by atoms with Gasteiger partial charge in [-0.05, 0) is 31.1 Å². The maximum Gasteiger partial charge on any atom is 0.174 e. The third kappa shape index (κ3) is 2.14. The van der Waals surface area contributed by atoms with Gasteiger partial charge in [-0.2, -0.15) is 5.26 Å². The van der Waals surface area contributed by atoms with Crippen molar-refractivity contribution in [2.24, 2.45) is 0 Å². The zero-order valence-electron chi connectivity index (χ0n) is 8.64. The molecule has 0 radical (unpaired) electrons. The van der Waals surface area contributed by atoms with Crippen molar-refractivity contribution >= 4 is 46.8 Å².